The molecule has 1 saturated carbocycles. The lowest BCUT2D eigenvalue weighted by atomic mass is 9.75. The van der Waals surface area contributed by atoms with Crippen LogP contribution in [0.15, 0.2) is 30.5 Å². The van der Waals surface area contributed by atoms with E-state index in [1.54, 1.807) is 30.9 Å². The molecule has 0 radical (unpaired) electrons. The molecule has 2 heterocycles. The third-order valence-electron chi connectivity index (χ3n) is 5.81. The van der Waals surface area contributed by atoms with Gasteiger partial charge in [-0.05, 0) is 75.2 Å². The summed E-state index contributed by atoms with van der Waals surface area (Å²) in [5, 5.41) is 11.9. The van der Waals surface area contributed by atoms with Gasteiger partial charge in [0.2, 0.25) is 0 Å². The van der Waals surface area contributed by atoms with Crippen molar-refractivity contribution in [3.63, 3.8) is 0 Å². The maximum atomic E-state index is 14.8. The fraction of sp³-hybridized carbons (Fsp3) is 0.318. The van der Waals surface area contributed by atoms with Gasteiger partial charge in [0.25, 0.3) is 11.8 Å². The molecule has 7 nitrogen and oxygen atoms in total. The number of benzene rings is 1. The molecule has 2 aromatic rings. The second kappa shape index (κ2) is 7.71. The summed E-state index contributed by atoms with van der Waals surface area (Å²) in [7, 11) is 0. The van der Waals surface area contributed by atoms with E-state index in [4.69, 9.17) is 17.5 Å². The zero-order valence-electron chi connectivity index (χ0n) is 17.1. The summed E-state index contributed by atoms with van der Waals surface area (Å²) in [5.41, 5.74) is 0.865. The summed E-state index contributed by atoms with van der Waals surface area (Å²) in [6.07, 6.45) is 3.48. The molecule has 31 heavy (non-hydrogen) atoms. The Morgan fingerprint density at radius 2 is 2.10 bits per heavy atom. The average molecular weight is 438 g/mol. The van der Waals surface area contributed by atoms with Crippen LogP contribution in [0.25, 0.3) is 0 Å². The van der Waals surface area contributed by atoms with Crippen molar-refractivity contribution >= 4 is 40.5 Å². The Bertz CT molecular complexity index is 1160. The van der Waals surface area contributed by atoms with Crippen molar-refractivity contribution in [2.45, 2.75) is 38.6 Å². The molecule has 1 N–H and O–H groups in total. The number of amides is 2. The number of anilines is 2. The lowest BCUT2D eigenvalue weighted by Crippen LogP contribution is -2.55. The zero-order valence-corrected chi connectivity index (χ0v) is 17.9. The van der Waals surface area contributed by atoms with E-state index in [9.17, 15) is 14.0 Å². The van der Waals surface area contributed by atoms with Gasteiger partial charge in [0.15, 0.2) is 5.11 Å². The van der Waals surface area contributed by atoms with Gasteiger partial charge >= 0.3 is 0 Å². The molecule has 158 valence electrons. The molecule has 1 aromatic carbocycles. The van der Waals surface area contributed by atoms with Crippen molar-refractivity contribution in [3.8, 4) is 6.07 Å². The molecule has 0 atom stereocenters. The van der Waals surface area contributed by atoms with Crippen LogP contribution in [0.2, 0.25) is 0 Å². The second-order valence-corrected chi connectivity index (χ2v) is 8.00. The molecule has 0 unspecified atom stereocenters. The van der Waals surface area contributed by atoms with Gasteiger partial charge in [-0.2, -0.15) is 5.26 Å². The lowest BCUT2D eigenvalue weighted by molar-refractivity contribution is -0.123. The van der Waals surface area contributed by atoms with Crippen LogP contribution in [-0.4, -0.2) is 34.0 Å². The molecule has 4 rings (SSSR count). The summed E-state index contributed by atoms with van der Waals surface area (Å²) in [6, 6.07) is 7.97. The summed E-state index contributed by atoms with van der Waals surface area (Å²) >= 11 is 5.66. The van der Waals surface area contributed by atoms with Crippen LogP contribution in [0.5, 0.6) is 0 Å². The van der Waals surface area contributed by atoms with E-state index in [0.29, 0.717) is 36.3 Å². The average Bonchev–Trinajstić information content (AvgIpc) is 2.94. The molecule has 2 fully saturated rings. The Kier molecular flexibility index (Phi) is 5.19. The van der Waals surface area contributed by atoms with Gasteiger partial charge in [-0.25, -0.2) is 9.37 Å². The molecular weight excluding hydrogens is 417 g/mol. The second-order valence-electron chi connectivity index (χ2n) is 7.64. The maximum Gasteiger partial charge on any atom is 0.259 e. The Morgan fingerprint density at radius 1 is 1.35 bits per heavy atom. The first-order valence-corrected chi connectivity index (χ1v) is 10.4. The number of thiocarbonyl (C=S) groups is 1. The summed E-state index contributed by atoms with van der Waals surface area (Å²) in [5.74, 6) is -1.36. The van der Waals surface area contributed by atoms with Crippen LogP contribution in [0.3, 0.4) is 0 Å². The predicted octanol–water partition coefficient (Wildman–Crippen LogP) is 3.21. The fourth-order valence-corrected chi connectivity index (χ4v) is 4.56. The number of nitrogens with zero attached hydrogens (tertiary/aromatic N) is 4. The normalized spacial score (nSPS) is 17.0. The van der Waals surface area contributed by atoms with E-state index in [2.05, 4.69) is 10.3 Å². The Morgan fingerprint density at radius 3 is 2.65 bits per heavy atom. The number of rotatable bonds is 4. The largest absolute Gasteiger partial charge is 0.352 e. The molecule has 1 aromatic heterocycles. The summed E-state index contributed by atoms with van der Waals surface area (Å²) < 4.78 is 14.8. The molecule has 1 aliphatic carbocycles. The van der Waals surface area contributed by atoms with Crippen molar-refractivity contribution in [2.75, 3.05) is 16.3 Å². The molecule has 2 aliphatic rings. The predicted molar refractivity (Wildman–Crippen MR) is 117 cm³/mol. The van der Waals surface area contributed by atoms with E-state index in [1.165, 1.54) is 23.2 Å². The van der Waals surface area contributed by atoms with Gasteiger partial charge in [0.05, 0.1) is 17.4 Å². The molecule has 0 bridgehead atoms. The molecule has 1 spiro atoms. The van der Waals surface area contributed by atoms with E-state index >= 15 is 0 Å². The molecule has 1 saturated heterocycles. The number of pyridine rings is 1. The smallest absolute Gasteiger partial charge is 0.259 e. The molecule has 9 heteroatoms. The van der Waals surface area contributed by atoms with Crippen molar-refractivity contribution < 1.29 is 14.0 Å². The van der Waals surface area contributed by atoms with Gasteiger partial charge in [0.1, 0.15) is 23.1 Å². The van der Waals surface area contributed by atoms with Crippen molar-refractivity contribution in [1.29, 1.82) is 5.26 Å². The first-order valence-electron chi connectivity index (χ1n) is 9.97. The third kappa shape index (κ3) is 3.15. The minimum atomic E-state index is -0.876. The van der Waals surface area contributed by atoms with Crippen LogP contribution < -0.4 is 15.1 Å². The number of halogens is 1. The Hall–Kier alpha value is -3.38. The van der Waals surface area contributed by atoms with Crippen LogP contribution in [0.1, 0.15) is 47.8 Å². The number of aromatic nitrogens is 1. The van der Waals surface area contributed by atoms with Gasteiger partial charge in [-0.3, -0.25) is 14.5 Å². The summed E-state index contributed by atoms with van der Waals surface area (Å²) in [4.78, 5) is 32.7. The molecule has 1 aliphatic heterocycles. The minimum absolute atomic E-state index is 0.0616. The lowest BCUT2D eigenvalue weighted by Gasteiger charge is -2.43. The van der Waals surface area contributed by atoms with Gasteiger partial charge in [-0.1, -0.05) is 0 Å². The van der Waals surface area contributed by atoms with Crippen LogP contribution in [0, 0.1) is 24.1 Å². The monoisotopic (exact) mass is 437 g/mol. The number of nitrogens with one attached hydrogen (secondary N) is 1. The van der Waals surface area contributed by atoms with Crippen molar-refractivity contribution in [1.82, 2.24) is 10.3 Å². The highest BCUT2D eigenvalue weighted by Crippen LogP contribution is 2.47. The Labute approximate surface area is 184 Å². The van der Waals surface area contributed by atoms with Gasteiger partial charge < -0.3 is 10.2 Å². The van der Waals surface area contributed by atoms with Crippen molar-refractivity contribution in [2.24, 2.45) is 0 Å². The first-order chi connectivity index (χ1) is 14.8. The Balaban J connectivity index is 1.75. The highest BCUT2D eigenvalue weighted by atomic mass is 32.1. The van der Waals surface area contributed by atoms with E-state index < -0.39 is 17.3 Å². The van der Waals surface area contributed by atoms with Crippen LogP contribution in [0.4, 0.5) is 15.8 Å². The maximum absolute atomic E-state index is 14.8. The molecule has 2 amide bonds. The highest BCUT2D eigenvalue weighted by molar-refractivity contribution is 7.81. The topological polar surface area (TPSA) is 89.3 Å². The third-order valence-corrected chi connectivity index (χ3v) is 6.18. The standard InChI is InChI=1S/C22H20FN5O2S/c1-3-25-19(29)16-6-5-14(10-17(16)23)28-21(31)27(20(30)22(28)7-4-8-22)15-9-13(2)18(11-24)26-12-15/h5-6,9-10,12H,3-4,7-8H2,1-2H3,(H,25,29). The number of carbonyl (C=O) groups is 2. The SMILES string of the molecule is CCNC(=O)c1ccc(N2C(=S)N(c3cnc(C#N)c(C)c3)C(=O)C23CCC3)cc1F. The number of carbonyl (C=O) groups excluding carboxylic acids is 2. The number of hydrogen-bond donors (Lipinski definition) is 1. The summed E-state index contributed by atoms with van der Waals surface area (Å²) in [6.45, 7) is 3.89. The number of aryl methyl sites for hydroxylation is 1. The van der Waals surface area contributed by atoms with Crippen LogP contribution in [-0.2, 0) is 4.79 Å². The van der Waals surface area contributed by atoms with E-state index in [0.717, 1.165) is 6.42 Å². The highest BCUT2D eigenvalue weighted by Gasteiger charge is 2.59. The van der Waals surface area contributed by atoms with E-state index in [-0.39, 0.29) is 22.3 Å². The van der Waals surface area contributed by atoms with E-state index in [1.807, 2.05) is 6.07 Å². The first kappa shape index (κ1) is 20.9. The number of nitriles is 1. The number of hydrogen-bond acceptors (Lipinski definition) is 5. The minimum Gasteiger partial charge on any atom is -0.352 e. The molecular formula is C22H20FN5O2S. The quantitative estimate of drug-likeness (QED) is 0.739. The van der Waals surface area contributed by atoms with Crippen LogP contribution >= 0.6 is 12.2 Å². The fourth-order valence-electron chi connectivity index (χ4n) is 4.09. The van der Waals surface area contributed by atoms with Gasteiger partial charge in [-0.15, -0.1) is 0 Å². The van der Waals surface area contributed by atoms with Gasteiger partial charge in [0, 0.05) is 12.2 Å². The van der Waals surface area contributed by atoms with Crippen molar-refractivity contribution in [3.05, 3.63) is 53.1 Å². The zero-order chi connectivity index (χ0) is 22.3.